The molecule has 27 heavy (non-hydrogen) atoms. The molecule has 5 heteroatoms. The summed E-state index contributed by atoms with van der Waals surface area (Å²) in [6.45, 7) is 1.49. The highest BCUT2D eigenvalue weighted by Gasteiger charge is 2.22. The number of phenolic OH excluding ortho intramolecular Hbond substituents is 1. The summed E-state index contributed by atoms with van der Waals surface area (Å²) in [5, 5.41) is 12.6. The van der Waals surface area contributed by atoms with Crippen LogP contribution in [0, 0.1) is 0 Å². The number of aryl methyl sites for hydroxylation is 4. The van der Waals surface area contributed by atoms with E-state index in [2.05, 4.69) is 17.4 Å². The Morgan fingerprint density at radius 2 is 1.89 bits per heavy atom. The zero-order chi connectivity index (χ0) is 18.8. The van der Waals surface area contributed by atoms with Crippen LogP contribution in [0.2, 0.25) is 0 Å². The van der Waals surface area contributed by atoms with E-state index in [1.54, 1.807) is 12.1 Å². The molecule has 0 radical (unpaired) electrons. The molecule has 0 spiro atoms. The minimum absolute atomic E-state index is 0.147. The Bertz CT molecular complexity index is 1000. The highest BCUT2D eigenvalue weighted by atomic mass is 16.3. The molecule has 0 bridgehead atoms. The lowest BCUT2D eigenvalue weighted by Gasteiger charge is -2.21. The molecule has 4 rings (SSSR count). The molecular formula is C22H21N3O2. The number of carbonyl (C=O) groups is 1. The van der Waals surface area contributed by atoms with E-state index >= 15 is 0 Å². The van der Waals surface area contributed by atoms with Gasteiger partial charge >= 0.3 is 0 Å². The van der Waals surface area contributed by atoms with Crippen LogP contribution in [0.1, 0.15) is 29.4 Å². The van der Waals surface area contributed by atoms with E-state index in [-0.39, 0.29) is 11.7 Å². The fourth-order valence-corrected chi connectivity index (χ4v) is 3.51. The van der Waals surface area contributed by atoms with Gasteiger partial charge < -0.3 is 10.4 Å². The zero-order valence-electron chi connectivity index (χ0n) is 15.2. The number of amides is 1. The summed E-state index contributed by atoms with van der Waals surface area (Å²) in [6, 6.07) is 15.6. The lowest BCUT2D eigenvalue weighted by Crippen LogP contribution is -2.16. The van der Waals surface area contributed by atoms with Gasteiger partial charge in [-0.05, 0) is 55.0 Å². The summed E-state index contributed by atoms with van der Waals surface area (Å²) in [4.78, 5) is 21.3. The van der Waals surface area contributed by atoms with E-state index in [4.69, 9.17) is 9.97 Å². The molecule has 0 saturated carbocycles. The molecule has 2 aromatic carbocycles. The summed E-state index contributed by atoms with van der Waals surface area (Å²) in [6.07, 6.45) is 3.05. The minimum Gasteiger partial charge on any atom is -0.508 e. The fourth-order valence-electron chi connectivity index (χ4n) is 3.51. The SMILES string of the molecule is CC(=O)Nc1nc2c(nc1CCc1ccccc1)-c1ccc(O)cc1CC2. The van der Waals surface area contributed by atoms with Crippen LogP contribution < -0.4 is 5.32 Å². The number of hydrogen-bond donors (Lipinski definition) is 2. The van der Waals surface area contributed by atoms with Crippen molar-refractivity contribution < 1.29 is 9.90 Å². The normalized spacial score (nSPS) is 12.2. The van der Waals surface area contributed by atoms with Gasteiger partial charge in [0.25, 0.3) is 0 Å². The van der Waals surface area contributed by atoms with Crippen molar-refractivity contribution in [3.05, 3.63) is 71.0 Å². The van der Waals surface area contributed by atoms with Crippen molar-refractivity contribution in [2.24, 2.45) is 0 Å². The molecule has 1 amide bonds. The molecule has 0 aliphatic heterocycles. The Morgan fingerprint density at radius 3 is 2.67 bits per heavy atom. The van der Waals surface area contributed by atoms with E-state index in [1.165, 1.54) is 12.5 Å². The quantitative estimate of drug-likeness (QED) is 0.745. The highest BCUT2D eigenvalue weighted by molar-refractivity contribution is 5.88. The second kappa shape index (κ2) is 7.19. The van der Waals surface area contributed by atoms with Crippen molar-refractivity contribution >= 4 is 11.7 Å². The van der Waals surface area contributed by atoms with Gasteiger partial charge in [-0.15, -0.1) is 0 Å². The molecular weight excluding hydrogens is 338 g/mol. The number of carbonyl (C=O) groups excluding carboxylic acids is 1. The standard InChI is InChI=1S/C22H21N3O2/c1-14(26)23-22-20(11-7-15-5-3-2-4-6-15)24-21-18-10-9-17(27)13-16(18)8-12-19(21)25-22/h2-6,9-10,13,27H,7-8,11-12H2,1H3,(H,23,25,26). The predicted octanol–water partition coefficient (Wildman–Crippen LogP) is 3.69. The molecule has 2 N–H and O–H groups in total. The number of nitrogens with one attached hydrogen (secondary N) is 1. The number of benzene rings is 2. The smallest absolute Gasteiger partial charge is 0.222 e. The lowest BCUT2D eigenvalue weighted by molar-refractivity contribution is -0.114. The van der Waals surface area contributed by atoms with Gasteiger partial charge in [-0.1, -0.05) is 30.3 Å². The molecule has 1 aliphatic carbocycles. The number of nitrogens with zero attached hydrogens (tertiary/aromatic N) is 2. The third-order valence-electron chi connectivity index (χ3n) is 4.80. The van der Waals surface area contributed by atoms with Gasteiger partial charge in [-0.2, -0.15) is 0 Å². The third kappa shape index (κ3) is 3.67. The second-order valence-corrected chi connectivity index (χ2v) is 6.82. The van der Waals surface area contributed by atoms with Crippen LogP contribution in [0.25, 0.3) is 11.3 Å². The van der Waals surface area contributed by atoms with E-state index in [9.17, 15) is 9.90 Å². The number of aromatic hydroxyl groups is 1. The first kappa shape index (κ1) is 17.2. The van der Waals surface area contributed by atoms with Gasteiger partial charge in [0.15, 0.2) is 5.82 Å². The van der Waals surface area contributed by atoms with Crippen LogP contribution in [0.15, 0.2) is 48.5 Å². The largest absolute Gasteiger partial charge is 0.508 e. The summed E-state index contributed by atoms with van der Waals surface area (Å²) in [5.74, 6) is 0.676. The van der Waals surface area contributed by atoms with E-state index in [0.29, 0.717) is 12.2 Å². The van der Waals surface area contributed by atoms with Crippen molar-refractivity contribution in [1.29, 1.82) is 0 Å². The molecule has 0 unspecified atom stereocenters. The predicted molar refractivity (Wildman–Crippen MR) is 105 cm³/mol. The topological polar surface area (TPSA) is 75.1 Å². The monoisotopic (exact) mass is 359 g/mol. The van der Waals surface area contributed by atoms with Gasteiger partial charge in [0.2, 0.25) is 5.91 Å². The first-order chi connectivity index (χ1) is 13.1. The summed E-state index contributed by atoms with van der Waals surface area (Å²) < 4.78 is 0. The van der Waals surface area contributed by atoms with Crippen molar-refractivity contribution in [2.45, 2.75) is 32.6 Å². The average Bonchev–Trinajstić information content (AvgIpc) is 2.66. The van der Waals surface area contributed by atoms with E-state index in [1.807, 2.05) is 24.3 Å². The maximum absolute atomic E-state index is 11.6. The molecule has 5 nitrogen and oxygen atoms in total. The number of fused-ring (bicyclic) bond motifs is 3. The van der Waals surface area contributed by atoms with Crippen LogP contribution >= 0.6 is 0 Å². The fraction of sp³-hybridized carbons (Fsp3) is 0.227. The van der Waals surface area contributed by atoms with Crippen molar-refractivity contribution in [3.63, 3.8) is 0 Å². The van der Waals surface area contributed by atoms with Crippen LogP contribution in [0.5, 0.6) is 5.75 Å². The molecule has 136 valence electrons. The first-order valence-electron chi connectivity index (χ1n) is 9.14. The number of phenols is 1. The number of anilines is 1. The van der Waals surface area contributed by atoms with Gasteiger partial charge in [0, 0.05) is 12.5 Å². The van der Waals surface area contributed by atoms with Gasteiger partial charge in [-0.3, -0.25) is 4.79 Å². The van der Waals surface area contributed by atoms with Crippen molar-refractivity contribution in [1.82, 2.24) is 9.97 Å². The number of aromatic nitrogens is 2. The van der Waals surface area contributed by atoms with E-state index in [0.717, 1.165) is 47.5 Å². The molecule has 0 atom stereocenters. The van der Waals surface area contributed by atoms with E-state index < -0.39 is 0 Å². The molecule has 3 aromatic rings. The lowest BCUT2D eigenvalue weighted by atomic mass is 9.91. The Kier molecular flexibility index (Phi) is 4.59. The van der Waals surface area contributed by atoms with Gasteiger partial charge in [0.05, 0.1) is 17.1 Å². The molecule has 0 saturated heterocycles. The van der Waals surface area contributed by atoms with Crippen LogP contribution in [-0.4, -0.2) is 21.0 Å². The Hall–Kier alpha value is -3.21. The third-order valence-corrected chi connectivity index (χ3v) is 4.80. The maximum Gasteiger partial charge on any atom is 0.222 e. The summed E-state index contributed by atoms with van der Waals surface area (Å²) in [7, 11) is 0. The minimum atomic E-state index is -0.147. The number of hydrogen-bond acceptors (Lipinski definition) is 4. The van der Waals surface area contributed by atoms with Gasteiger partial charge in [0.1, 0.15) is 5.75 Å². The van der Waals surface area contributed by atoms with Crippen molar-refractivity contribution in [3.8, 4) is 17.0 Å². The highest BCUT2D eigenvalue weighted by Crippen LogP contribution is 2.34. The van der Waals surface area contributed by atoms with Crippen LogP contribution in [-0.2, 0) is 30.5 Å². The Labute approximate surface area is 158 Å². The van der Waals surface area contributed by atoms with Gasteiger partial charge in [-0.25, -0.2) is 9.97 Å². The summed E-state index contributed by atoms with van der Waals surface area (Å²) in [5.41, 5.74) is 5.84. The van der Waals surface area contributed by atoms with Crippen LogP contribution in [0.4, 0.5) is 5.82 Å². The second-order valence-electron chi connectivity index (χ2n) is 6.82. The van der Waals surface area contributed by atoms with Crippen LogP contribution in [0.3, 0.4) is 0 Å². The van der Waals surface area contributed by atoms with Crippen molar-refractivity contribution in [2.75, 3.05) is 5.32 Å². The first-order valence-corrected chi connectivity index (χ1v) is 9.14. The molecule has 1 heterocycles. The summed E-state index contributed by atoms with van der Waals surface area (Å²) >= 11 is 0. The number of rotatable bonds is 4. The average molecular weight is 359 g/mol. The zero-order valence-corrected chi connectivity index (χ0v) is 15.2. The molecule has 1 aromatic heterocycles. The molecule has 1 aliphatic rings. The maximum atomic E-state index is 11.6. The Balaban J connectivity index is 1.73. The Morgan fingerprint density at radius 1 is 1.07 bits per heavy atom. The molecule has 0 fully saturated rings.